The van der Waals surface area contributed by atoms with Gasteiger partial charge in [-0.25, -0.2) is 8.42 Å². The number of alkyl halides is 12. The number of carbonyl (C=O) groups is 5. The maximum atomic E-state index is 13.4. The largest absolute Gasteiger partial charge is 0.416 e. The van der Waals surface area contributed by atoms with Gasteiger partial charge in [0.05, 0.1) is 28.0 Å². The van der Waals surface area contributed by atoms with Crippen molar-refractivity contribution in [2.24, 2.45) is 17.8 Å². The number of fused-ring (bicyclic) bond motifs is 4. The number of carbonyl (C=O) groups excluding carboxylic acids is 5. The lowest BCUT2D eigenvalue weighted by molar-refractivity contribution is -0.139. The smallest absolute Gasteiger partial charge is 0.338 e. The molecule has 724 valence electrons. The van der Waals surface area contributed by atoms with E-state index in [-0.39, 0.29) is 94.1 Å². The van der Waals surface area contributed by atoms with Gasteiger partial charge in [-0.05, 0) is 225 Å². The van der Waals surface area contributed by atoms with Crippen LogP contribution in [0.25, 0.3) is 0 Å². The SMILES string of the molecule is CC(C)(C)N1CCCc2[nH]nc(C(=O)N3CCC(c4ccccc4C(F)(F)F)CC3)c2C1.CC(C)CC(=O)N1CCCc2[nH]nc(C(=O)N3CCC(c4ccccc4C(F)(F)F)CC3)c2C1.CC(C)CN1CCCc2[nH]nc(C(=O)N3CCC(c4ccccc4C(F)(F)F)CC3)c2C1.CC(C)CS(=O)(=O)N1CCCc2[nH]nc(C(=O)N3CCC(c4ccccc4C(F)(F)F)CC3)c2C1. The average Bonchev–Trinajstić information content (AvgIpc) is 1.64. The second kappa shape index (κ2) is 42.5. The highest BCUT2D eigenvalue weighted by Gasteiger charge is 2.44. The molecule has 0 saturated carbocycles. The van der Waals surface area contributed by atoms with Gasteiger partial charge in [-0.3, -0.25) is 54.2 Å². The van der Waals surface area contributed by atoms with E-state index >= 15 is 0 Å². The molecule has 8 aliphatic heterocycles. The van der Waals surface area contributed by atoms with Crippen molar-refractivity contribution in [3.05, 3.63) is 209 Å². The highest BCUT2D eigenvalue weighted by molar-refractivity contribution is 7.89. The number of benzene rings is 4. The number of rotatable bonds is 15. The number of aromatic nitrogens is 8. The number of likely N-dealkylation sites (tertiary alicyclic amines) is 4. The van der Waals surface area contributed by atoms with E-state index in [2.05, 4.69) is 85.2 Å². The van der Waals surface area contributed by atoms with Gasteiger partial charge in [0.25, 0.3) is 23.6 Å². The Morgan fingerprint density at radius 1 is 0.361 bits per heavy atom. The van der Waals surface area contributed by atoms with Crippen LogP contribution in [0, 0.1) is 17.8 Å². The zero-order valence-corrected chi connectivity index (χ0v) is 78.0. The topological polar surface area (TPSA) is 260 Å². The van der Waals surface area contributed by atoms with Crippen molar-refractivity contribution >= 4 is 39.6 Å². The molecule has 0 unspecified atom stereocenters. The van der Waals surface area contributed by atoms with Gasteiger partial charge in [0.15, 0.2) is 22.8 Å². The van der Waals surface area contributed by atoms with E-state index in [1.54, 1.807) is 67.0 Å². The first-order chi connectivity index (χ1) is 62.9. The van der Waals surface area contributed by atoms with E-state index in [1.807, 2.05) is 27.7 Å². The normalized spacial score (nSPS) is 18.4. The molecule has 0 bridgehead atoms. The Bertz CT molecular complexity index is 5440. The van der Waals surface area contributed by atoms with Crippen LogP contribution in [0.5, 0.6) is 0 Å². The van der Waals surface area contributed by atoms with Crippen LogP contribution in [0.15, 0.2) is 97.1 Å². The van der Waals surface area contributed by atoms with Crippen LogP contribution in [0.4, 0.5) is 52.7 Å². The maximum Gasteiger partial charge on any atom is 0.416 e. The molecule has 0 radical (unpaired) electrons. The second-order valence-corrected chi connectivity index (χ2v) is 40.8. The summed E-state index contributed by atoms with van der Waals surface area (Å²) in [6.07, 6.45) is -6.74. The molecule has 4 fully saturated rings. The molecule has 133 heavy (non-hydrogen) atoms. The molecule has 0 aliphatic carbocycles. The monoisotopic (exact) mass is 1880 g/mol. The average molecular weight is 1890 g/mol. The number of aryl methyl sites for hydroxylation is 4. The molecule has 16 rings (SSSR count). The molecule has 12 heterocycles. The lowest BCUT2D eigenvalue weighted by Gasteiger charge is -2.35. The Morgan fingerprint density at radius 2 is 0.654 bits per heavy atom. The summed E-state index contributed by atoms with van der Waals surface area (Å²) in [7, 11) is -3.47. The fourth-order valence-corrected chi connectivity index (χ4v) is 21.8. The minimum atomic E-state index is -4.42. The quantitative estimate of drug-likeness (QED) is 0.0697. The summed E-state index contributed by atoms with van der Waals surface area (Å²) < 4.78 is 188. The number of hydrogen-bond donors (Lipinski definition) is 4. The molecule has 4 saturated heterocycles. The third-order valence-electron chi connectivity index (χ3n) is 26.9. The third-order valence-corrected chi connectivity index (χ3v) is 29.1. The Labute approximate surface area is 769 Å². The first-order valence-corrected chi connectivity index (χ1v) is 48.3. The van der Waals surface area contributed by atoms with Gasteiger partial charge in [-0.2, -0.15) is 77.4 Å². The van der Waals surface area contributed by atoms with Gasteiger partial charge in [0.1, 0.15) is 0 Å². The van der Waals surface area contributed by atoms with E-state index in [1.165, 1.54) is 34.6 Å². The van der Waals surface area contributed by atoms with Crippen LogP contribution in [-0.2, 0) is 91.4 Å². The summed E-state index contributed by atoms with van der Waals surface area (Å²) in [6.45, 7) is 27.5. The highest BCUT2D eigenvalue weighted by atomic mass is 32.2. The van der Waals surface area contributed by atoms with Crippen LogP contribution in [0.1, 0.15) is 301 Å². The Kier molecular flexibility index (Phi) is 32.1. The molecule has 4 N–H and O–H groups in total. The number of nitrogens with one attached hydrogen (secondary N) is 4. The number of halogens is 12. The predicted molar refractivity (Wildman–Crippen MR) is 479 cm³/mol. The van der Waals surface area contributed by atoms with Gasteiger partial charge < -0.3 is 24.5 Å². The van der Waals surface area contributed by atoms with Gasteiger partial charge >= 0.3 is 24.7 Å². The molecule has 8 aliphatic rings. The molecule has 36 heteroatoms. The molecule has 0 atom stereocenters. The van der Waals surface area contributed by atoms with Crippen LogP contribution >= 0.6 is 0 Å². The zero-order chi connectivity index (χ0) is 95.8. The molecule has 4 aromatic heterocycles. The van der Waals surface area contributed by atoms with E-state index in [0.29, 0.717) is 201 Å². The Morgan fingerprint density at radius 3 is 0.962 bits per heavy atom. The van der Waals surface area contributed by atoms with E-state index in [4.69, 9.17) is 0 Å². The summed E-state index contributed by atoms with van der Waals surface area (Å²) in [5.41, 5.74) is 7.40. The fraction of sp³-hybridized carbons (Fsp3) is 0.577. The number of sulfonamides is 1. The summed E-state index contributed by atoms with van der Waals surface area (Å²) >= 11 is 0. The lowest BCUT2D eigenvalue weighted by Crippen LogP contribution is -2.42. The zero-order valence-electron chi connectivity index (χ0n) is 77.2. The van der Waals surface area contributed by atoms with Crippen LogP contribution in [0.2, 0.25) is 0 Å². The minimum Gasteiger partial charge on any atom is -0.338 e. The predicted octanol–water partition coefficient (Wildman–Crippen LogP) is 18.8. The van der Waals surface area contributed by atoms with Crippen molar-refractivity contribution < 1.29 is 85.1 Å². The highest BCUT2D eigenvalue weighted by Crippen LogP contribution is 2.45. The second-order valence-electron chi connectivity index (χ2n) is 38.8. The van der Waals surface area contributed by atoms with E-state index in [9.17, 15) is 85.1 Å². The number of piperidine rings is 4. The molecule has 4 aromatic carbocycles. The maximum absolute atomic E-state index is 13.4. The van der Waals surface area contributed by atoms with E-state index in [0.717, 1.165) is 122 Å². The van der Waals surface area contributed by atoms with Crippen LogP contribution < -0.4 is 0 Å². The molecule has 23 nitrogen and oxygen atoms in total. The van der Waals surface area contributed by atoms with E-state index < -0.39 is 57.0 Å². The molecule has 5 amide bonds. The standard InChI is InChI=1S/C25H31F3N4O2.C24H31F3N4O3S.2C24H31F3N4O/c1-16(2)14-22(33)32-11-5-8-21-19(15-32)23(30-29-21)24(34)31-12-9-17(10-13-31)18-6-3-4-7-20(18)25(26,27)28;1-16(2)15-35(33,34)31-11-5-8-21-19(14-31)22(29-28-21)23(32)30-12-9-17(10-13-30)18-6-3-4-7-20(18)24(25,26)27;1-23(2,3)31-12-6-9-20-18(15-31)21(29-28-20)22(32)30-13-10-16(11-14-30)17-7-4-5-8-19(17)24(25,26)27;1-16(2)14-30-11-5-8-21-19(15-30)22(29-28-21)23(32)31-12-9-17(10-13-31)18-6-3-4-7-20(18)24(25,26)27/h3-4,6-7,16-17H,5,8-15H2,1-2H3,(H,29,30);3-4,6-7,16-17H,5,8-15H2,1-2H3,(H,28,29);4-5,7-8,16H,6,9-15H2,1-3H3,(H,28,29);3-4,6-7,16-17H,5,8-15H2,1-2H3,(H,28,29). The minimum absolute atomic E-state index is 0.0105. The number of H-pyrrole nitrogens is 4. The van der Waals surface area contributed by atoms with Gasteiger partial charge in [0, 0.05) is 155 Å². The van der Waals surface area contributed by atoms with Crippen LogP contribution in [-0.4, -0.2) is 214 Å². The molecule has 8 aromatic rings. The van der Waals surface area contributed by atoms with Crippen molar-refractivity contribution in [2.75, 3.05) is 90.8 Å². The summed E-state index contributed by atoms with van der Waals surface area (Å²) in [5.74, 6) is -0.819. The molecular formula is C97H124F12N16O7S. The molecule has 0 spiro atoms. The lowest BCUT2D eigenvalue weighted by atomic mass is 9.86. The first kappa shape index (κ1) is 101. The van der Waals surface area contributed by atoms with Crippen molar-refractivity contribution in [1.29, 1.82) is 0 Å². The Balaban J connectivity index is 0.000000151. The van der Waals surface area contributed by atoms with Crippen molar-refractivity contribution in [1.82, 2.24) is 79.4 Å². The fourth-order valence-electron chi connectivity index (χ4n) is 20.0. The van der Waals surface area contributed by atoms with Crippen molar-refractivity contribution in [2.45, 2.75) is 252 Å². The number of amides is 5. The Hall–Kier alpha value is -9.94. The summed E-state index contributed by atoms with van der Waals surface area (Å²) in [4.78, 5) is 79.3. The third kappa shape index (κ3) is 24.7. The van der Waals surface area contributed by atoms with Crippen LogP contribution in [0.3, 0.4) is 0 Å². The van der Waals surface area contributed by atoms with Gasteiger partial charge in [-0.1, -0.05) is 114 Å². The van der Waals surface area contributed by atoms with Crippen molar-refractivity contribution in [3.63, 3.8) is 0 Å². The number of nitrogens with zero attached hydrogens (tertiary/aromatic N) is 12. The van der Waals surface area contributed by atoms with Gasteiger partial charge in [0.2, 0.25) is 15.9 Å². The molecular weight excluding hydrogens is 1760 g/mol. The first-order valence-electron chi connectivity index (χ1n) is 46.7. The summed E-state index contributed by atoms with van der Waals surface area (Å²) in [6, 6.07) is 22.9. The summed E-state index contributed by atoms with van der Waals surface area (Å²) in [5, 5.41) is 29.3. The van der Waals surface area contributed by atoms with Gasteiger partial charge in [-0.15, -0.1) is 0 Å². The number of aromatic amines is 4. The van der Waals surface area contributed by atoms with Crippen molar-refractivity contribution in [3.8, 4) is 0 Å². The number of hydrogen-bond acceptors (Lipinski definition) is 13.